The van der Waals surface area contributed by atoms with Crippen molar-refractivity contribution < 1.29 is 27.8 Å². The average Bonchev–Trinajstić information content (AvgIpc) is 3.43. The number of carbonyl (C=O) groups excluding carboxylic acids is 1. The average molecular weight is 800 g/mol. The van der Waals surface area contributed by atoms with Crippen molar-refractivity contribution in [2.75, 3.05) is 12.9 Å². The van der Waals surface area contributed by atoms with E-state index in [4.69, 9.17) is 18.6 Å². The second-order valence-electron chi connectivity index (χ2n) is 13.0. The molecule has 14 heteroatoms. The van der Waals surface area contributed by atoms with Crippen LogP contribution in [0.5, 0.6) is 11.6 Å². The Bertz CT molecular complexity index is 1960. The van der Waals surface area contributed by atoms with Crippen molar-refractivity contribution >= 4 is 63.5 Å². The highest BCUT2D eigenvalue weighted by Gasteiger charge is 2.37. The van der Waals surface area contributed by atoms with Crippen molar-refractivity contribution in [3.05, 3.63) is 88.2 Å². The molecule has 3 aromatic heterocycles. The largest absolute Gasteiger partial charge is 0.487 e. The van der Waals surface area contributed by atoms with E-state index in [0.717, 1.165) is 27.3 Å². The van der Waals surface area contributed by atoms with Crippen LogP contribution in [0, 0.1) is 5.82 Å². The number of thiophene rings is 1. The van der Waals surface area contributed by atoms with Crippen molar-refractivity contribution in [2.45, 2.75) is 76.7 Å². The molecule has 5 rings (SSSR count). The quantitative estimate of drug-likeness (QED) is 0.0467. The summed E-state index contributed by atoms with van der Waals surface area (Å²) in [6, 6.07) is 13.9. The van der Waals surface area contributed by atoms with Crippen LogP contribution in [0.3, 0.4) is 0 Å². The first-order valence-electron chi connectivity index (χ1n) is 16.1. The number of hydrogen-bond donors (Lipinski definition) is 0. The van der Waals surface area contributed by atoms with Gasteiger partial charge in [0, 0.05) is 12.6 Å². The lowest BCUT2D eigenvalue weighted by molar-refractivity contribution is -0.151. The van der Waals surface area contributed by atoms with Gasteiger partial charge in [-0.25, -0.2) is 29.1 Å². The van der Waals surface area contributed by atoms with Gasteiger partial charge in [0.2, 0.25) is 12.0 Å². The molecule has 0 N–H and O–H groups in total. The van der Waals surface area contributed by atoms with Crippen LogP contribution in [0.25, 0.3) is 20.7 Å². The summed E-state index contributed by atoms with van der Waals surface area (Å²) < 4.78 is 39.2. The number of ether oxygens (including phenoxy) is 3. The molecular formula is C36H40BrFN4O5S2Si. The molecule has 0 bridgehead atoms. The minimum atomic E-state index is -2.04. The van der Waals surface area contributed by atoms with E-state index in [0.29, 0.717) is 32.2 Å². The predicted octanol–water partition coefficient (Wildman–Crippen LogP) is 9.43. The molecule has 0 aliphatic carbocycles. The summed E-state index contributed by atoms with van der Waals surface area (Å²) >= 11 is 6.56. The Labute approximate surface area is 309 Å². The molecule has 3 heterocycles. The molecular weight excluding hydrogens is 760 g/mol. The van der Waals surface area contributed by atoms with Gasteiger partial charge in [0.15, 0.2) is 13.5 Å². The number of esters is 1. The fourth-order valence-electron chi connectivity index (χ4n) is 4.70. The highest BCUT2D eigenvalue weighted by Crippen LogP contribution is 2.44. The Balaban J connectivity index is 1.49. The monoisotopic (exact) mass is 798 g/mol. The topological polar surface area (TPSA) is 106 Å². The SMILES string of the molecule is CCOC(=O)[C@@H](Cc1cc(CO[Si](C)(C)C(C)(C)C)ccc1OCc1ccnc(SC)n1)Oc1ncnc2sc(-c3ccc(F)cc3)c(Br)c12. The molecule has 0 saturated carbocycles. The zero-order valence-electron chi connectivity index (χ0n) is 29.1. The van der Waals surface area contributed by atoms with E-state index in [1.54, 1.807) is 25.3 Å². The summed E-state index contributed by atoms with van der Waals surface area (Å²) in [6.45, 7) is 13.6. The molecule has 1 atom stereocenters. The molecule has 9 nitrogen and oxygen atoms in total. The smallest absolute Gasteiger partial charge is 0.347 e. The van der Waals surface area contributed by atoms with Gasteiger partial charge in [-0.2, -0.15) is 0 Å². The summed E-state index contributed by atoms with van der Waals surface area (Å²) in [6.07, 6.45) is 4.07. The second-order valence-corrected chi connectivity index (χ2v) is 20.4. The summed E-state index contributed by atoms with van der Waals surface area (Å²) in [5, 5.41) is 1.30. The normalized spacial score (nSPS) is 12.6. The highest BCUT2D eigenvalue weighted by molar-refractivity contribution is 9.10. The lowest BCUT2D eigenvalue weighted by atomic mass is 10.0. The van der Waals surface area contributed by atoms with Gasteiger partial charge in [-0.3, -0.25) is 0 Å². The molecule has 0 radical (unpaired) electrons. The lowest BCUT2D eigenvalue weighted by Gasteiger charge is -2.36. The van der Waals surface area contributed by atoms with Crippen molar-refractivity contribution in [1.82, 2.24) is 19.9 Å². The van der Waals surface area contributed by atoms with Gasteiger partial charge in [-0.15, -0.1) is 11.3 Å². The standard InChI is InChI=1S/C36H40BrFN4O5S2Si/c1-8-44-34(43)28(47-32-29-30(37)31(49-33(29)41-21-40-32)23-10-12-25(38)13-11-23)18-24-17-22(19-46-50(6,7)36(2,3)4)9-14-27(24)45-20-26-15-16-39-35(42-26)48-5/h9-17,21,28H,8,18-20H2,1-7H3/t28-/m1/s1. The van der Waals surface area contributed by atoms with Gasteiger partial charge in [-0.1, -0.05) is 50.7 Å². The third kappa shape index (κ3) is 9.07. The van der Waals surface area contributed by atoms with Crippen LogP contribution in [0.2, 0.25) is 18.1 Å². The summed E-state index contributed by atoms with van der Waals surface area (Å²) in [5.74, 6) is -0.0760. The van der Waals surface area contributed by atoms with Crippen molar-refractivity contribution in [3.63, 3.8) is 0 Å². The van der Waals surface area contributed by atoms with Gasteiger partial charge in [-0.05, 0) is 94.3 Å². The van der Waals surface area contributed by atoms with E-state index >= 15 is 0 Å². The molecule has 0 spiro atoms. The highest BCUT2D eigenvalue weighted by atomic mass is 79.9. The molecule has 0 amide bonds. The van der Waals surface area contributed by atoms with E-state index in [9.17, 15) is 9.18 Å². The molecule has 264 valence electrons. The van der Waals surface area contributed by atoms with E-state index < -0.39 is 20.4 Å². The number of thioether (sulfide) groups is 1. The Morgan fingerprint density at radius 1 is 1.06 bits per heavy atom. The van der Waals surface area contributed by atoms with Gasteiger partial charge < -0.3 is 18.6 Å². The minimum absolute atomic E-state index is 0.0459. The third-order valence-electron chi connectivity index (χ3n) is 8.49. The number of fused-ring (bicyclic) bond motifs is 1. The number of hydrogen-bond acceptors (Lipinski definition) is 11. The van der Waals surface area contributed by atoms with E-state index in [-0.39, 0.29) is 36.4 Å². The van der Waals surface area contributed by atoms with Gasteiger partial charge >= 0.3 is 5.97 Å². The Morgan fingerprint density at radius 3 is 2.52 bits per heavy atom. The number of aromatic nitrogens is 4. The van der Waals surface area contributed by atoms with Crippen LogP contribution < -0.4 is 9.47 Å². The lowest BCUT2D eigenvalue weighted by Crippen LogP contribution is -2.40. The minimum Gasteiger partial charge on any atom is -0.487 e. The number of halogens is 2. The Kier molecular flexibility index (Phi) is 12.3. The molecule has 2 aromatic carbocycles. The molecule has 50 heavy (non-hydrogen) atoms. The van der Waals surface area contributed by atoms with Crippen LogP contribution >= 0.6 is 39.0 Å². The van der Waals surface area contributed by atoms with E-state index in [1.807, 2.05) is 30.5 Å². The first kappa shape index (κ1) is 37.8. The zero-order valence-corrected chi connectivity index (χ0v) is 33.3. The second kappa shape index (κ2) is 16.3. The zero-order chi connectivity index (χ0) is 36.1. The molecule has 0 unspecified atom stereocenters. The first-order valence-corrected chi connectivity index (χ1v) is 21.8. The fraction of sp³-hybridized carbons (Fsp3) is 0.361. The number of carbonyl (C=O) groups is 1. The summed E-state index contributed by atoms with van der Waals surface area (Å²) in [5.41, 5.74) is 3.21. The Hall–Kier alpha value is -3.43. The van der Waals surface area contributed by atoms with Crippen LogP contribution in [-0.2, 0) is 33.6 Å². The maximum Gasteiger partial charge on any atom is 0.347 e. The van der Waals surface area contributed by atoms with Gasteiger partial charge in [0.05, 0.1) is 33.6 Å². The fourth-order valence-corrected chi connectivity index (χ4v) is 8.03. The predicted molar refractivity (Wildman–Crippen MR) is 202 cm³/mol. The van der Waals surface area contributed by atoms with E-state index in [2.05, 4.69) is 69.7 Å². The molecule has 0 aliphatic rings. The van der Waals surface area contributed by atoms with E-state index in [1.165, 1.54) is 41.6 Å². The maximum absolute atomic E-state index is 13.7. The van der Waals surface area contributed by atoms with Crippen molar-refractivity contribution in [3.8, 4) is 22.1 Å². The van der Waals surface area contributed by atoms with Crippen LogP contribution in [-0.4, -0.2) is 53.2 Å². The van der Waals surface area contributed by atoms with Gasteiger partial charge in [0.1, 0.15) is 29.3 Å². The summed E-state index contributed by atoms with van der Waals surface area (Å²) in [7, 11) is -2.04. The van der Waals surface area contributed by atoms with Crippen molar-refractivity contribution in [1.29, 1.82) is 0 Å². The number of rotatable bonds is 14. The number of nitrogens with zero attached hydrogens (tertiary/aromatic N) is 4. The molecule has 5 aromatic rings. The maximum atomic E-state index is 13.7. The first-order chi connectivity index (χ1) is 23.8. The molecule has 0 fully saturated rings. The van der Waals surface area contributed by atoms with Crippen LogP contribution in [0.1, 0.15) is 44.5 Å². The van der Waals surface area contributed by atoms with Crippen molar-refractivity contribution in [2.24, 2.45) is 0 Å². The Morgan fingerprint density at radius 2 is 1.82 bits per heavy atom. The van der Waals surface area contributed by atoms with Gasteiger partial charge in [0.25, 0.3) is 0 Å². The number of benzene rings is 2. The molecule has 0 aliphatic heterocycles. The third-order valence-corrected chi connectivity index (χ3v) is 15.7. The molecule has 0 saturated heterocycles. The van der Waals surface area contributed by atoms with Crippen LogP contribution in [0.15, 0.2) is 70.7 Å². The van der Waals surface area contributed by atoms with Crippen LogP contribution in [0.4, 0.5) is 4.39 Å². The summed E-state index contributed by atoms with van der Waals surface area (Å²) in [4.78, 5) is 32.7.